The van der Waals surface area contributed by atoms with E-state index in [4.69, 9.17) is 18.6 Å². The fraction of sp³-hybridized carbons (Fsp3) is 0.273. The molecule has 1 aliphatic rings. The Morgan fingerprint density at radius 1 is 1.22 bits per heavy atom. The molecule has 23 heavy (non-hydrogen) atoms. The number of rotatable bonds is 6. The second kappa shape index (κ2) is 9.02. The van der Waals surface area contributed by atoms with Gasteiger partial charge in [-0.3, -0.25) is 0 Å². The topological polar surface area (TPSA) is 58.2 Å². The van der Waals surface area contributed by atoms with E-state index in [-0.39, 0.29) is 12.7 Å². The molecule has 2 N–H and O–H groups in total. The summed E-state index contributed by atoms with van der Waals surface area (Å²) in [6, 6.07) is 10.3. The summed E-state index contributed by atoms with van der Waals surface area (Å²) in [7, 11) is 8.72. The molecule has 1 aromatic rings. The maximum absolute atomic E-state index is 11.3. The van der Waals surface area contributed by atoms with Crippen LogP contribution in [0.4, 0.5) is 0 Å². The van der Waals surface area contributed by atoms with Crippen LogP contribution < -0.4 is 7.60 Å². The fourth-order valence-electron chi connectivity index (χ4n) is 2.72. The summed E-state index contributed by atoms with van der Waals surface area (Å²) in [5.41, 5.74) is 1.27. The summed E-state index contributed by atoms with van der Waals surface area (Å²) in [6.07, 6.45) is 1.65. The van der Waals surface area contributed by atoms with Gasteiger partial charge >= 0.3 is 166 Å². The molecule has 12 heteroatoms. The first-order valence-corrected chi connectivity index (χ1v) is 41.1. The first-order valence-electron chi connectivity index (χ1n) is 7.04. The molecule has 121 valence electrons. The second-order valence-electron chi connectivity index (χ2n) is 5.93. The van der Waals surface area contributed by atoms with Crippen LogP contribution >= 0.6 is 18.6 Å². The molecule has 2 amide bonds. The summed E-state index contributed by atoms with van der Waals surface area (Å²) in [4.78, 5) is 22.5. The first kappa shape index (κ1) is 22.3. The number of nitrogens with one attached hydrogen (secondary N) is 2. The van der Waals surface area contributed by atoms with Crippen molar-refractivity contribution < 1.29 is 75.4 Å². The molecule has 0 aromatic heterocycles. The molecular weight excluding hydrogens is 550 g/mol. The molecule has 0 unspecified atom stereocenters. The van der Waals surface area contributed by atoms with Gasteiger partial charge in [-0.1, -0.05) is 0 Å². The van der Waals surface area contributed by atoms with Crippen LogP contribution in [0.5, 0.6) is 0 Å². The van der Waals surface area contributed by atoms with Crippen molar-refractivity contribution in [3.63, 3.8) is 0 Å². The Kier molecular flexibility index (Phi) is 8.75. The van der Waals surface area contributed by atoms with Crippen molar-refractivity contribution in [2.24, 2.45) is 0 Å². The van der Waals surface area contributed by atoms with E-state index in [1.54, 1.807) is 0 Å². The van der Waals surface area contributed by atoms with E-state index in [0.717, 1.165) is 17.5 Å². The van der Waals surface area contributed by atoms with Gasteiger partial charge in [0.1, 0.15) is 0 Å². The molecule has 0 atom stereocenters. The Hall–Kier alpha value is 3.03. The zero-order valence-corrected chi connectivity index (χ0v) is 23.7. The molecule has 1 fully saturated rings. The molecule has 0 aliphatic carbocycles. The Balaban J connectivity index is 2.44. The van der Waals surface area contributed by atoms with Crippen molar-refractivity contribution >= 4 is 31.4 Å². The Morgan fingerprint density at radius 3 is 2.43 bits per heavy atom. The molecule has 0 bridgehead atoms. The van der Waals surface area contributed by atoms with Crippen LogP contribution in [-0.4, -0.2) is 12.8 Å². The van der Waals surface area contributed by atoms with Gasteiger partial charge in [-0.05, 0) is 0 Å². The van der Waals surface area contributed by atoms with Crippen LogP contribution in [0.25, 0.3) is 0 Å². The number of carbonyl (C=O) groups is 2. The number of halogens is 2. The molecule has 4 nitrogen and oxygen atoms in total. The summed E-state index contributed by atoms with van der Waals surface area (Å²) in [5.74, 6) is 0. The predicted molar refractivity (Wildman–Crippen MR) is 72.0 cm³/mol. The van der Waals surface area contributed by atoms with Crippen LogP contribution in [0.3, 0.4) is 0 Å². The fourth-order valence-corrected chi connectivity index (χ4v) is 539. The minimum atomic E-state index is -3.90. The summed E-state index contributed by atoms with van der Waals surface area (Å²) >= 11 is -4.08. The van der Waals surface area contributed by atoms with Gasteiger partial charge in [0.05, 0.1) is 0 Å². The monoisotopic (exact) mass is 567 g/mol. The van der Waals surface area contributed by atoms with Crippen molar-refractivity contribution in [3.05, 3.63) is 35.9 Å². The SMILES string of the molecule is [CH3][Ti]1([CH3])[Ti][Ti]([NH]C=O)[Ti]([CH2]c2ccccc2)[Ti]([Cl])([Cl])([NH]C=O)[Ti]1. The van der Waals surface area contributed by atoms with Crippen molar-refractivity contribution in [2.75, 3.05) is 0 Å². The quantitative estimate of drug-likeness (QED) is 0.411. The van der Waals surface area contributed by atoms with Gasteiger partial charge in [0, 0.05) is 0 Å². The number of amides is 2. The summed E-state index contributed by atoms with van der Waals surface area (Å²) in [6.45, 7) is 0. The minimum absolute atomic E-state index is 0.0375. The van der Waals surface area contributed by atoms with E-state index in [9.17, 15) is 9.59 Å². The maximum atomic E-state index is 11.3. The van der Waals surface area contributed by atoms with Gasteiger partial charge in [0.25, 0.3) is 0 Å². The van der Waals surface area contributed by atoms with Gasteiger partial charge < -0.3 is 0 Å². The first-order chi connectivity index (χ1) is 10.7. The van der Waals surface area contributed by atoms with Gasteiger partial charge in [-0.2, -0.15) is 0 Å². The zero-order valence-electron chi connectivity index (χ0n) is 12.8. The third-order valence-electron chi connectivity index (χ3n) is 3.54. The van der Waals surface area contributed by atoms with E-state index in [0.29, 0.717) is 0 Å². The second-order valence-corrected chi connectivity index (χ2v) is 114. The molecule has 1 saturated heterocycles. The Labute approximate surface area is 162 Å². The molecule has 0 spiro atoms. The van der Waals surface area contributed by atoms with Crippen LogP contribution in [0.1, 0.15) is 5.56 Å². The van der Waals surface area contributed by atoms with E-state index in [1.165, 1.54) is 5.56 Å². The van der Waals surface area contributed by atoms with Crippen molar-refractivity contribution in [3.8, 4) is 0 Å². The standard InChI is InChI=1S/C7H7.2CH3NO.2CH3.2ClH.6Ti/c1-7-5-3-2-4-6-7;2*2-1-3;;;;;;;;;;/h2-6H,1H2;2*1H,(H2,2,3);2*1H3;2*1H;;;;;;/q;;;;;;;;;;;+1;+3/p-4. The third-order valence-corrected chi connectivity index (χ3v) is 234. The van der Waals surface area contributed by atoms with Crippen molar-refractivity contribution in [2.45, 2.75) is 15.2 Å². The summed E-state index contributed by atoms with van der Waals surface area (Å²) < 4.78 is 7.30. The molecule has 1 heterocycles. The van der Waals surface area contributed by atoms with Crippen molar-refractivity contribution in [1.29, 1.82) is 0 Å². The van der Waals surface area contributed by atoms with Gasteiger partial charge in [-0.25, -0.2) is 0 Å². The van der Waals surface area contributed by atoms with Crippen LogP contribution in [0, 0.1) is 0 Å². The van der Waals surface area contributed by atoms with E-state index >= 15 is 0 Å². The normalized spacial score (nSPS) is 22.5. The van der Waals surface area contributed by atoms with Gasteiger partial charge in [0.15, 0.2) is 0 Å². The molecular formula is C11H17Cl2N2O2Ti6. The average Bonchev–Trinajstić information content (AvgIpc) is 2.43. The molecule has 2 rings (SSSR count). The van der Waals surface area contributed by atoms with Crippen LogP contribution in [0.2, 0.25) is 10.5 Å². The van der Waals surface area contributed by atoms with Gasteiger partial charge in [0.2, 0.25) is 0 Å². The van der Waals surface area contributed by atoms with E-state index in [2.05, 4.69) is 30.2 Å². The number of hydrogen-bond donors (Lipinski definition) is 2. The average molecular weight is 567 g/mol. The molecule has 0 radical (unpaired) electrons. The third kappa shape index (κ3) is 6.00. The number of benzene rings is 1. The molecule has 0 saturated carbocycles. The zero-order chi connectivity index (χ0) is 17.2. The van der Waals surface area contributed by atoms with Crippen LogP contribution in [0.15, 0.2) is 30.3 Å². The van der Waals surface area contributed by atoms with Gasteiger partial charge in [-0.15, -0.1) is 0 Å². The van der Waals surface area contributed by atoms with E-state index in [1.807, 2.05) is 18.2 Å². The number of hydrogen-bond acceptors (Lipinski definition) is 2. The number of carbonyl (C=O) groups excluding carboxylic acids is 2. The Morgan fingerprint density at radius 2 is 1.87 bits per heavy atom. The summed E-state index contributed by atoms with van der Waals surface area (Å²) in [5, 5.41) is 4.88. The Bertz CT molecular complexity index is 591. The molecule has 1 aromatic carbocycles. The van der Waals surface area contributed by atoms with Crippen molar-refractivity contribution in [1.82, 2.24) is 7.60 Å². The molecule has 1 aliphatic heterocycles. The van der Waals surface area contributed by atoms with E-state index < -0.39 is 53.1 Å². The van der Waals surface area contributed by atoms with Crippen LogP contribution in [-0.2, 0) is 80.2 Å². The predicted octanol–water partition coefficient (Wildman–Crippen LogP) is 2.66.